The maximum absolute atomic E-state index is 11.8. The molecule has 0 aromatic heterocycles. The molecule has 2 aliphatic rings. The van der Waals surface area contributed by atoms with Gasteiger partial charge in [-0.2, -0.15) is 11.8 Å². The maximum Gasteiger partial charge on any atom is 0.246 e. The molecule has 0 bridgehead atoms. The number of amides is 2. The molecule has 4 nitrogen and oxygen atoms in total. The fraction of sp³-hybridized carbons (Fsp3) is 0.818. The largest absolute Gasteiger partial charge is 0.306 e. The number of carbonyl (C=O) groups is 2. The highest BCUT2D eigenvalue weighted by Gasteiger charge is 2.31. The number of piperidine rings is 1. The Balaban J connectivity index is 1.80. The first-order valence-electron chi connectivity index (χ1n) is 5.80. The number of hydrogen-bond acceptors (Lipinski definition) is 4. The Morgan fingerprint density at radius 2 is 2.25 bits per heavy atom. The van der Waals surface area contributed by atoms with Gasteiger partial charge in [-0.05, 0) is 36.8 Å². The second-order valence-corrected chi connectivity index (χ2v) is 5.67. The van der Waals surface area contributed by atoms with Gasteiger partial charge in [-0.1, -0.05) is 0 Å². The average molecular weight is 242 g/mol. The number of nitrogens with zero attached hydrogens (tertiary/aromatic N) is 1. The van der Waals surface area contributed by atoms with E-state index in [-0.39, 0.29) is 17.9 Å². The van der Waals surface area contributed by atoms with Gasteiger partial charge in [0.05, 0.1) is 6.04 Å². The van der Waals surface area contributed by atoms with Gasteiger partial charge < -0.3 is 5.32 Å². The SMILES string of the molecule is CN1C(=O)CCC(NCC2CCSC2)C1=O. The molecule has 2 rings (SSSR count). The third kappa shape index (κ3) is 2.58. The summed E-state index contributed by atoms with van der Waals surface area (Å²) in [5, 5.41) is 3.31. The van der Waals surface area contributed by atoms with E-state index in [1.54, 1.807) is 7.05 Å². The van der Waals surface area contributed by atoms with Crippen molar-refractivity contribution in [3.8, 4) is 0 Å². The van der Waals surface area contributed by atoms with Crippen molar-refractivity contribution in [3.63, 3.8) is 0 Å². The van der Waals surface area contributed by atoms with Crippen LogP contribution in [0, 0.1) is 5.92 Å². The first kappa shape index (κ1) is 11.9. The topological polar surface area (TPSA) is 49.4 Å². The lowest BCUT2D eigenvalue weighted by Crippen LogP contribution is -2.52. The van der Waals surface area contributed by atoms with Gasteiger partial charge in [-0.15, -0.1) is 0 Å². The Morgan fingerprint density at radius 3 is 2.94 bits per heavy atom. The van der Waals surface area contributed by atoms with E-state index in [0.717, 1.165) is 6.54 Å². The molecular formula is C11H18N2O2S. The summed E-state index contributed by atoms with van der Waals surface area (Å²) in [4.78, 5) is 24.3. The summed E-state index contributed by atoms with van der Waals surface area (Å²) in [6.07, 6.45) is 2.38. The molecule has 1 N–H and O–H groups in total. The van der Waals surface area contributed by atoms with E-state index in [2.05, 4.69) is 5.32 Å². The third-order valence-electron chi connectivity index (χ3n) is 3.33. The lowest BCUT2D eigenvalue weighted by atomic mass is 10.0. The molecule has 90 valence electrons. The van der Waals surface area contributed by atoms with E-state index in [0.29, 0.717) is 18.8 Å². The van der Waals surface area contributed by atoms with Gasteiger partial charge >= 0.3 is 0 Å². The monoisotopic (exact) mass is 242 g/mol. The van der Waals surface area contributed by atoms with Crippen molar-refractivity contribution in [1.29, 1.82) is 0 Å². The zero-order valence-corrected chi connectivity index (χ0v) is 10.4. The van der Waals surface area contributed by atoms with Crippen molar-refractivity contribution in [1.82, 2.24) is 10.2 Å². The van der Waals surface area contributed by atoms with Crippen LogP contribution in [0.3, 0.4) is 0 Å². The highest BCUT2D eigenvalue weighted by Crippen LogP contribution is 2.23. The maximum atomic E-state index is 11.8. The van der Waals surface area contributed by atoms with Gasteiger partial charge in [0.1, 0.15) is 0 Å². The molecule has 2 atom stereocenters. The predicted molar refractivity (Wildman–Crippen MR) is 64.2 cm³/mol. The summed E-state index contributed by atoms with van der Waals surface area (Å²) in [5.74, 6) is 3.01. The lowest BCUT2D eigenvalue weighted by molar-refractivity contribution is -0.148. The minimum Gasteiger partial charge on any atom is -0.306 e. The van der Waals surface area contributed by atoms with E-state index >= 15 is 0 Å². The lowest BCUT2D eigenvalue weighted by Gasteiger charge is -2.29. The van der Waals surface area contributed by atoms with Crippen LogP contribution in [0.15, 0.2) is 0 Å². The molecule has 0 radical (unpaired) electrons. The zero-order valence-electron chi connectivity index (χ0n) is 9.57. The van der Waals surface area contributed by atoms with Crippen molar-refractivity contribution in [2.24, 2.45) is 5.92 Å². The first-order chi connectivity index (χ1) is 7.68. The second kappa shape index (κ2) is 5.19. The first-order valence-corrected chi connectivity index (χ1v) is 6.95. The molecule has 0 aromatic carbocycles. The van der Waals surface area contributed by atoms with E-state index in [4.69, 9.17) is 0 Å². The van der Waals surface area contributed by atoms with Gasteiger partial charge in [-0.25, -0.2) is 0 Å². The Hall–Kier alpha value is -0.550. The van der Waals surface area contributed by atoms with Gasteiger partial charge in [0.25, 0.3) is 0 Å². The molecule has 2 fully saturated rings. The molecular weight excluding hydrogens is 224 g/mol. The minimum atomic E-state index is -0.145. The fourth-order valence-electron chi connectivity index (χ4n) is 2.16. The van der Waals surface area contributed by atoms with Crippen molar-refractivity contribution in [3.05, 3.63) is 0 Å². The molecule has 16 heavy (non-hydrogen) atoms. The highest BCUT2D eigenvalue weighted by atomic mass is 32.2. The summed E-state index contributed by atoms with van der Waals surface area (Å²) >= 11 is 1.98. The molecule has 2 heterocycles. The summed E-state index contributed by atoms with van der Waals surface area (Å²) < 4.78 is 0. The van der Waals surface area contributed by atoms with Crippen LogP contribution in [0.5, 0.6) is 0 Å². The van der Waals surface area contributed by atoms with E-state index in [1.807, 2.05) is 11.8 Å². The Bertz CT molecular complexity index is 290. The van der Waals surface area contributed by atoms with Crippen LogP contribution in [0.4, 0.5) is 0 Å². The number of carbonyl (C=O) groups excluding carboxylic acids is 2. The van der Waals surface area contributed by atoms with Crippen LogP contribution >= 0.6 is 11.8 Å². The Kier molecular flexibility index (Phi) is 3.86. The highest BCUT2D eigenvalue weighted by molar-refractivity contribution is 7.99. The predicted octanol–water partition coefficient (Wildman–Crippen LogP) is 0.476. The van der Waals surface area contributed by atoms with Crippen molar-refractivity contribution >= 4 is 23.6 Å². The van der Waals surface area contributed by atoms with Crippen molar-refractivity contribution in [2.75, 3.05) is 25.1 Å². The number of hydrogen-bond donors (Lipinski definition) is 1. The van der Waals surface area contributed by atoms with Crippen LogP contribution in [-0.2, 0) is 9.59 Å². The summed E-state index contributed by atoms with van der Waals surface area (Å²) in [6, 6.07) is -0.145. The molecule has 0 saturated carbocycles. The number of likely N-dealkylation sites (tertiary alicyclic amines) is 1. The number of rotatable bonds is 3. The van der Waals surface area contributed by atoms with Crippen LogP contribution in [-0.4, -0.2) is 47.9 Å². The van der Waals surface area contributed by atoms with E-state index in [9.17, 15) is 9.59 Å². The summed E-state index contributed by atoms with van der Waals surface area (Å²) in [5.41, 5.74) is 0. The van der Waals surface area contributed by atoms with Crippen LogP contribution < -0.4 is 5.32 Å². The third-order valence-corrected chi connectivity index (χ3v) is 4.56. The molecule has 2 unspecified atom stereocenters. The quantitative estimate of drug-likeness (QED) is 0.731. The van der Waals surface area contributed by atoms with E-state index in [1.165, 1.54) is 22.8 Å². The smallest absolute Gasteiger partial charge is 0.246 e. The Morgan fingerprint density at radius 1 is 1.44 bits per heavy atom. The van der Waals surface area contributed by atoms with Gasteiger partial charge in [0.2, 0.25) is 11.8 Å². The molecule has 2 amide bonds. The molecule has 5 heteroatoms. The van der Waals surface area contributed by atoms with Crippen LogP contribution in [0.25, 0.3) is 0 Å². The minimum absolute atomic E-state index is 0.0560. The molecule has 0 aromatic rings. The molecule has 2 aliphatic heterocycles. The second-order valence-electron chi connectivity index (χ2n) is 4.52. The van der Waals surface area contributed by atoms with E-state index < -0.39 is 0 Å². The standard InChI is InChI=1S/C11H18N2O2S/c1-13-10(14)3-2-9(11(13)15)12-6-8-4-5-16-7-8/h8-9,12H,2-7H2,1H3. The molecule has 2 saturated heterocycles. The zero-order chi connectivity index (χ0) is 11.5. The molecule has 0 spiro atoms. The van der Waals surface area contributed by atoms with Crippen LogP contribution in [0.1, 0.15) is 19.3 Å². The number of nitrogens with one attached hydrogen (secondary N) is 1. The van der Waals surface area contributed by atoms with Gasteiger partial charge in [-0.3, -0.25) is 14.5 Å². The van der Waals surface area contributed by atoms with Crippen LogP contribution in [0.2, 0.25) is 0 Å². The average Bonchev–Trinajstić information content (AvgIpc) is 2.78. The summed E-state index contributed by atoms with van der Waals surface area (Å²) in [7, 11) is 1.57. The van der Waals surface area contributed by atoms with Gasteiger partial charge in [0.15, 0.2) is 0 Å². The normalized spacial score (nSPS) is 31.2. The van der Waals surface area contributed by atoms with Crippen molar-refractivity contribution < 1.29 is 9.59 Å². The fourth-order valence-corrected chi connectivity index (χ4v) is 3.44. The Labute approximate surface area is 100 Å². The number of thioether (sulfide) groups is 1. The molecule has 0 aliphatic carbocycles. The van der Waals surface area contributed by atoms with Crippen molar-refractivity contribution in [2.45, 2.75) is 25.3 Å². The number of likely N-dealkylation sites (N-methyl/N-ethyl adjacent to an activating group) is 1. The van der Waals surface area contributed by atoms with Gasteiger partial charge in [0, 0.05) is 13.5 Å². The number of imide groups is 1. The summed E-state index contributed by atoms with van der Waals surface area (Å²) in [6.45, 7) is 0.908.